The molecule has 3 rings (SSSR count). The van der Waals surface area contributed by atoms with Gasteiger partial charge in [0.05, 0.1) is 0 Å². The number of carbonyl (C=O) groups excluding carboxylic acids is 2. The average Bonchev–Trinajstić information content (AvgIpc) is 2.70. The molecule has 1 amide bonds. The fourth-order valence-corrected chi connectivity index (χ4v) is 2.91. The van der Waals surface area contributed by atoms with Crippen molar-refractivity contribution in [3.63, 3.8) is 0 Å². The predicted molar refractivity (Wildman–Crippen MR) is 120 cm³/mol. The second kappa shape index (κ2) is 8.61. The van der Waals surface area contributed by atoms with Crippen LogP contribution in [-0.2, 0) is 0 Å². The summed E-state index contributed by atoms with van der Waals surface area (Å²) in [6.45, 7) is 3.45. The third-order valence-electron chi connectivity index (χ3n) is 4.69. The monoisotopic (exact) mass is 387 g/mol. The van der Waals surface area contributed by atoms with E-state index in [1.165, 1.54) is 6.92 Å². The summed E-state index contributed by atoms with van der Waals surface area (Å²) in [7, 11) is 4.00. The lowest BCUT2D eigenvalue weighted by atomic mass is 10.1. The van der Waals surface area contributed by atoms with Gasteiger partial charge in [-0.15, -0.1) is 0 Å². The number of nitrogens with zero attached hydrogens (tertiary/aromatic N) is 1. The number of ketones is 1. The minimum atomic E-state index is -0.213. The van der Waals surface area contributed by atoms with Crippen LogP contribution in [0.15, 0.2) is 66.7 Å². The van der Waals surface area contributed by atoms with E-state index in [-0.39, 0.29) is 11.7 Å². The first-order chi connectivity index (χ1) is 13.8. The molecular weight excluding hydrogens is 362 g/mol. The van der Waals surface area contributed by atoms with Gasteiger partial charge in [-0.1, -0.05) is 24.3 Å². The lowest BCUT2D eigenvalue weighted by molar-refractivity contribution is 0.100. The van der Waals surface area contributed by atoms with Gasteiger partial charge in [-0.25, -0.2) is 0 Å². The van der Waals surface area contributed by atoms with Crippen molar-refractivity contribution in [2.24, 2.45) is 0 Å². The number of aryl methyl sites for hydroxylation is 1. The molecule has 0 aliphatic heterocycles. The Labute approximate surface area is 171 Å². The Kier molecular flexibility index (Phi) is 5.98. The first-order valence-electron chi connectivity index (χ1n) is 9.41. The number of benzene rings is 3. The standard InChI is InChI=1S/C24H25N3O2/c1-16-8-13-21(25-20-6-5-7-22(14-20)27(3)4)15-23(16)26-24(29)19-11-9-18(10-12-19)17(2)28/h5-15,25H,1-4H3,(H,26,29). The highest BCUT2D eigenvalue weighted by Crippen LogP contribution is 2.26. The van der Waals surface area contributed by atoms with E-state index < -0.39 is 0 Å². The lowest BCUT2D eigenvalue weighted by Crippen LogP contribution is -2.13. The molecule has 0 aliphatic carbocycles. The van der Waals surface area contributed by atoms with Gasteiger partial charge >= 0.3 is 0 Å². The van der Waals surface area contributed by atoms with E-state index in [4.69, 9.17) is 0 Å². The van der Waals surface area contributed by atoms with E-state index in [2.05, 4.69) is 16.7 Å². The molecule has 0 saturated carbocycles. The molecule has 5 nitrogen and oxygen atoms in total. The molecule has 5 heteroatoms. The van der Waals surface area contributed by atoms with Gasteiger partial charge in [0, 0.05) is 48.0 Å². The molecule has 0 aliphatic rings. The number of hydrogen-bond donors (Lipinski definition) is 2. The number of hydrogen-bond acceptors (Lipinski definition) is 4. The van der Waals surface area contributed by atoms with Crippen LogP contribution in [0.1, 0.15) is 33.2 Å². The first kappa shape index (κ1) is 20.1. The first-order valence-corrected chi connectivity index (χ1v) is 9.41. The molecule has 0 unspecified atom stereocenters. The molecule has 2 N–H and O–H groups in total. The Morgan fingerprint density at radius 3 is 2.14 bits per heavy atom. The molecule has 0 spiro atoms. The van der Waals surface area contributed by atoms with Gasteiger partial charge < -0.3 is 15.5 Å². The van der Waals surface area contributed by atoms with Gasteiger partial charge in [-0.2, -0.15) is 0 Å². The fourth-order valence-electron chi connectivity index (χ4n) is 2.91. The molecule has 3 aromatic carbocycles. The Morgan fingerprint density at radius 1 is 0.828 bits per heavy atom. The summed E-state index contributed by atoms with van der Waals surface area (Å²) in [5.74, 6) is -0.236. The average molecular weight is 387 g/mol. The summed E-state index contributed by atoms with van der Waals surface area (Å²) in [4.78, 5) is 26.1. The minimum absolute atomic E-state index is 0.0232. The summed E-state index contributed by atoms with van der Waals surface area (Å²) in [6, 6.07) is 20.6. The SMILES string of the molecule is CC(=O)c1ccc(C(=O)Nc2cc(Nc3cccc(N(C)C)c3)ccc2C)cc1. The molecule has 0 fully saturated rings. The zero-order valence-electron chi connectivity index (χ0n) is 17.1. The molecule has 0 aromatic heterocycles. The minimum Gasteiger partial charge on any atom is -0.378 e. The van der Waals surface area contributed by atoms with E-state index in [1.807, 2.05) is 62.3 Å². The normalized spacial score (nSPS) is 10.3. The molecule has 148 valence electrons. The second-order valence-electron chi connectivity index (χ2n) is 7.19. The maximum Gasteiger partial charge on any atom is 0.255 e. The highest BCUT2D eigenvalue weighted by Gasteiger charge is 2.10. The Morgan fingerprint density at radius 2 is 1.48 bits per heavy atom. The zero-order valence-corrected chi connectivity index (χ0v) is 17.1. The van der Waals surface area contributed by atoms with Crippen LogP contribution < -0.4 is 15.5 Å². The summed E-state index contributed by atoms with van der Waals surface area (Å²) in [5, 5.41) is 6.34. The van der Waals surface area contributed by atoms with Gasteiger partial charge in [-0.05, 0) is 61.9 Å². The Balaban J connectivity index is 1.77. The highest BCUT2D eigenvalue weighted by atomic mass is 16.1. The quantitative estimate of drug-likeness (QED) is 0.567. The Hall–Kier alpha value is -3.60. The largest absolute Gasteiger partial charge is 0.378 e. The fraction of sp³-hybridized carbons (Fsp3) is 0.167. The predicted octanol–water partition coefficient (Wildman–Crippen LogP) is 5.26. The van der Waals surface area contributed by atoms with Crippen molar-refractivity contribution in [1.82, 2.24) is 0 Å². The maximum absolute atomic E-state index is 12.6. The van der Waals surface area contributed by atoms with Gasteiger partial charge in [0.15, 0.2) is 5.78 Å². The van der Waals surface area contributed by atoms with Crippen LogP contribution in [0.2, 0.25) is 0 Å². The molecule has 0 heterocycles. The topological polar surface area (TPSA) is 61.4 Å². The summed E-state index contributed by atoms with van der Waals surface area (Å²) >= 11 is 0. The lowest BCUT2D eigenvalue weighted by Gasteiger charge is -2.15. The number of rotatable bonds is 6. The van der Waals surface area contributed by atoms with Crippen LogP contribution in [0.4, 0.5) is 22.7 Å². The van der Waals surface area contributed by atoms with Crippen LogP contribution in [0.25, 0.3) is 0 Å². The Bertz CT molecular complexity index is 1040. The molecule has 0 bridgehead atoms. The van der Waals surface area contributed by atoms with Crippen molar-refractivity contribution >= 4 is 34.4 Å². The van der Waals surface area contributed by atoms with Crippen LogP contribution in [0, 0.1) is 6.92 Å². The van der Waals surface area contributed by atoms with E-state index in [0.717, 1.165) is 28.3 Å². The van der Waals surface area contributed by atoms with Gasteiger partial charge in [0.2, 0.25) is 0 Å². The number of amides is 1. The molecule has 0 radical (unpaired) electrons. The number of anilines is 4. The molecule has 3 aromatic rings. The van der Waals surface area contributed by atoms with E-state index in [9.17, 15) is 9.59 Å². The molecule has 0 saturated heterocycles. The van der Waals surface area contributed by atoms with Crippen LogP contribution in [0.5, 0.6) is 0 Å². The van der Waals surface area contributed by atoms with E-state index in [0.29, 0.717) is 11.1 Å². The van der Waals surface area contributed by atoms with Crippen molar-refractivity contribution in [1.29, 1.82) is 0 Å². The van der Waals surface area contributed by atoms with Gasteiger partial charge in [0.1, 0.15) is 0 Å². The third kappa shape index (κ3) is 5.02. The molecular formula is C24H25N3O2. The molecule has 0 atom stereocenters. The maximum atomic E-state index is 12.6. The van der Waals surface area contributed by atoms with Crippen molar-refractivity contribution in [3.05, 3.63) is 83.4 Å². The number of carbonyl (C=O) groups is 2. The van der Waals surface area contributed by atoms with Crippen molar-refractivity contribution in [2.45, 2.75) is 13.8 Å². The third-order valence-corrected chi connectivity index (χ3v) is 4.69. The molecule has 29 heavy (non-hydrogen) atoms. The van der Waals surface area contributed by atoms with Crippen LogP contribution in [0.3, 0.4) is 0 Å². The number of nitrogens with one attached hydrogen (secondary N) is 2. The number of Topliss-reactive ketones (excluding diaryl/α,β-unsaturated/α-hetero) is 1. The summed E-state index contributed by atoms with van der Waals surface area (Å²) < 4.78 is 0. The van der Waals surface area contributed by atoms with E-state index >= 15 is 0 Å². The van der Waals surface area contributed by atoms with Crippen LogP contribution in [-0.4, -0.2) is 25.8 Å². The second-order valence-corrected chi connectivity index (χ2v) is 7.19. The van der Waals surface area contributed by atoms with Crippen molar-refractivity contribution < 1.29 is 9.59 Å². The highest BCUT2D eigenvalue weighted by molar-refractivity contribution is 6.05. The van der Waals surface area contributed by atoms with Gasteiger partial charge in [-0.3, -0.25) is 9.59 Å². The summed E-state index contributed by atoms with van der Waals surface area (Å²) in [6.07, 6.45) is 0. The smallest absolute Gasteiger partial charge is 0.255 e. The van der Waals surface area contributed by atoms with Crippen molar-refractivity contribution in [2.75, 3.05) is 29.6 Å². The zero-order chi connectivity index (χ0) is 21.0. The van der Waals surface area contributed by atoms with Crippen molar-refractivity contribution in [3.8, 4) is 0 Å². The van der Waals surface area contributed by atoms with Crippen LogP contribution >= 0.6 is 0 Å². The summed E-state index contributed by atoms with van der Waals surface area (Å²) in [5.41, 5.74) is 5.75. The van der Waals surface area contributed by atoms with E-state index in [1.54, 1.807) is 24.3 Å². The van der Waals surface area contributed by atoms with Gasteiger partial charge in [0.25, 0.3) is 5.91 Å².